The first-order valence-electron chi connectivity index (χ1n) is 7.49. The van der Waals surface area contributed by atoms with E-state index in [-0.39, 0.29) is 12.6 Å². The zero-order valence-electron chi connectivity index (χ0n) is 12.2. The molecule has 1 N–H and O–H groups in total. The number of rotatable bonds is 5. The number of aliphatic hydroxyl groups is 1. The fourth-order valence-corrected chi connectivity index (χ4v) is 4.59. The van der Waals surface area contributed by atoms with E-state index < -0.39 is 10.0 Å². The first kappa shape index (κ1) is 15.0. The summed E-state index contributed by atoms with van der Waals surface area (Å²) in [5.74, 6) is 0. The molecule has 1 unspecified atom stereocenters. The molecule has 0 spiro atoms. The van der Waals surface area contributed by atoms with Gasteiger partial charge in [-0.1, -0.05) is 6.92 Å². The van der Waals surface area contributed by atoms with E-state index in [0.29, 0.717) is 36.4 Å². The third kappa shape index (κ3) is 2.75. The standard InChI is InChI=1S/C14H22N2O4S/c1-2-11-10-20-6-5-16(11)21(18,19)14-7-13(9-17)15(8-14)12-3-4-12/h7-8,11-12,17H,2-6,9-10H2,1H3. The minimum absolute atomic E-state index is 0.106. The quantitative estimate of drug-likeness (QED) is 0.884. The SMILES string of the molecule is CCC1COCCN1S(=O)(=O)c1cc(CO)n(C2CC2)c1. The molecule has 1 aliphatic heterocycles. The Balaban J connectivity index is 1.93. The van der Waals surface area contributed by atoms with Gasteiger partial charge in [0.05, 0.1) is 19.8 Å². The highest BCUT2D eigenvalue weighted by Gasteiger charge is 2.35. The van der Waals surface area contributed by atoms with E-state index in [1.165, 1.54) is 0 Å². The Hall–Kier alpha value is -0.890. The van der Waals surface area contributed by atoms with Crippen LogP contribution in [0.3, 0.4) is 0 Å². The summed E-state index contributed by atoms with van der Waals surface area (Å²) in [5, 5.41) is 9.43. The van der Waals surface area contributed by atoms with Crippen LogP contribution >= 0.6 is 0 Å². The van der Waals surface area contributed by atoms with Crippen molar-refractivity contribution in [3.63, 3.8) is 0 Å². The molecule has 118 valence electrons. The Bertz CT molecular complexity index is 606. The van der Waals surface area contributed by atoms with Crippen molar-refractivity contribution in [2.45, 2.75) is 49.8 Å². The molecular formula is C14H22N2O4S. The van der Waals surface area contributed by atoms with Crippen molar-refractivity contribution in [3.05, 3.63) is 18.0 Å². The Morgan fingerprint density at radius 1 is 1.43 bits per heavy atom. The van der Waals surface area contributed by atoms with E-state index >= 15 is 0 Å². The summed E-state index contributed by atoms with van der Waals surface area (Å²) in [6.45, 7) is 3.12. The molecule has 1 saturated carbocycles. The number of nitrogens with zero attached hydrogens (tertiary/aromatic N) is 2. The van der Waals surface area contributed by atoms with E-state index in [0.717, 1.165) is 19.3 Å². The molecule has 1 aliphatic carbocycles. The van der Waals surface area contributed by atoms with Gasteiger partial charge >= 0.3 is 0 Å². The van der Waals surface area contributed by atoms with Gasteiger partial charge in [-0.05, 0) is 25.3 Å². The van der Waals surface area contributed by atoms with Crippen molar-refractivity contribution < 1.29 is 18.3 Å². The average Bonchev–Trinajstić information content (AvgIpc) is 3.25. The maximum absolute atomic E-state index is 12.9. The van der Waals surface area contributed by atoms with E-state index in [9.17, 15) is 13.5 Å². The maximum atomic E-state index is 12.9. The summed E-state index contributed by atoms with van der Waals surface area (Å²) < 4.78 is 34.6. The van der Waals surface area contributed by atoms with Gasteiger partial charge in [-0.25, -0.2) is 8.42 Å². The van der Waals surface area contributed by atoms with Crippen molar-refractivity contribution in [2.75, 3.05) is 19.8 Å². The predicted molar refractivity (Wildman–Crippen MR) is 77.4 cm³/mol. The van der Waals surface area contributed by atoms with Crippen LogP contribution in [0, 0.1) is 0 Å². The molecule has 1 saturated heterocycles. The summed E-state index contributed by atoms with van der Waals surface area (Å²) in [5.41, 5.74) is 0.678. The Labute approximate surface area is 125 Å². The zero-order chi connectivity index (χ0) is 15.0. The number of hydrogen-bond acceptors (Lipinski definition) is 4. The number of hydrogen-bond donors (Lipinski definition) is 1. The molecule has 2 heterocycles. The van der Waals surface area contributed by atoms with Crippen LogP contribution in [0.5, 0.6) is 0 Å². The molecule has 0 aromatic carbocycles. The Kier molecular flexibility index (Phi) is 4.09. The van der Waals surface area contributed by atoms with E-state index in [4.69, 9.17) is 4.74 Å². The van der Waals surface area contributed by atoms with Crippen molar-refractivity contribution in [1.82, 2.24) is 8.87 Å². The number of aromatic nitrogens is 1. The van der Waals surface area contributed by atoms with Gasteiger partial charge in [0, 0.05) is 30.5 Å². The van der Waals surface area contributed by atoms with Gasteiger partial charge in [0.1, 0.15) is 4.90 Å². The van der Waals surface area contributed by atoms with E-state index in [1.54, 1.807) is 16.6 Å². The average molecular weight is 314 g/mol. The van der Waals surface area contributed by atoms with Crippen LogP contribution < -0.4 is 0 Å². The molecule has 21 heavy (non-hydrogen) atoms. The Morgan fingerprint density at radius 2 is 2.19 bits per heavy atom. The van der Waals surface area contributed by atoms with Gasteiger partial charge in [-0.3, -0.25) is 0 Å². The van der Waals surface area contributed by atoms with Gasteiger partial charge in [-0.2, -0.15) is 4.31 Å². The van der Waals surface area contributed by atoms with Gasteiger partial charge in [-0.15, -0.1) is 0 Å². The van der Waals surface area contributed by atoms with Crippen molar-refractivity contribution in [2.24, 2.45) is 0 Å². The van der Waals surface area contributed by atoms with Crippen LogP contribution in [0.4, 0.5) is 0 Å². The fraction of sp³-hybridized carbons (Fsp3) is 0.714. The lowest BCUT2D eigenvalue weighted by Gasteiger charge is -2.33. The van der Waals surface area contributed by atoms with Gasteiger partial charge < -0.3 is 14.4 Å². The summed E-state index contributed by atoms with van der Waals surface area (Å²) in [4.78, 5) is 0.291. The van der Waals surface area contributed by atoms with Crippen LogP contribution in [-0.2, 0) is 21.4 Å². The highest BCUT2D eigenvalue weighted by Crippen LogP contribution is 2.38. The number of aliphatic hydroxyl groups excluding tert-OH is 1. The summed E-state index contributed by atoms with van der Waals surface area (Å²) >= 11 is 0. The second kappa shape index (κ2) is 5.72. The van der Waals surface area contributed by atoms with E-state index in [2.05, 4.69) is 0 Å². The maximum Gasteiger partial charge on any atom is 0.245 e. The minimum atomic E-state index is -3.52. The third-order valence-corrected chi connectivity index (χ3v) is 6.18. The summed E-state index contributed by atoms with van der Waals surface area (Å²) in [6.07, 6.45) is 4.52. The van der Waals surface area contributed by atoms with Crippen LogP contribution in [0.15, 0.2) is 17.2 Å². The molecule has 6 nitrogen and oxygen atoms in total. The predicted octanol–water partition coefficient (Wildman–Crippen LogP) is 1.11. The van der Waals surface area contributed by atoms with Crippen LogP contribution in [-0.4, -0.2) is 48.2 Å². The molecule has 7 heteroatoms. The lowest BCUT2D eigenvalue weighted by molar-refractivity contribution is 0.0314. The molecule has 1 atom stereocenters. The molecule has 2 aliphatic rings. The summed E-state index contributed by atoms with van der Waals surface area (Å²) in [7, 11) is -3.52. The molecule has 0 bridgehead atoms. The van der Waals surface area contributed by atoms with Crippen molar-refractivity contribution >= 4 is 10.0 Å². The first-order chi connectivity index (χ1) is 10.1. The summed E-state index contributed by atoms with van der Waals surface area (Å²) in [6, 6.07) is 1.85. The number of sulfonamides is 1. The lowest BCUT2D eigenvalue weighted by Crippen LogP contribution is -2.48. The second-order valence-corrected chi connectivity index (χ2v) is 7.61. The van der Waals surface area contributed by atoms with Crippen LogP contribution in [0.1, 0.15) is 37.9 Å². The number of ether oxygens (including phenoxy) is 1. The highest BCUT2D eigenvalue weighted by atomic mass is 32.2. The largest absolute Gasteiger partial charge is 0.390 e. The smallest absolute Gasteiger partial charge is 0.245 e. The van der Waals surface area contributed by atoms with Crippen molar-refractivity contribution in [3.8, 4) is 0 Å². The molecule has 1 aromatic heterocycles. The topological polar surface area (TPSA) is 71.8 Å². The van der Waals surface area contributed by atoms with Crippen molar-refractivity contribution in [1.29, 1.82) is 0 Å². The van der Waals surface area contributed by atoms with Crippen LogP contribution in [0.2, 0.25) is 0 Å². The Morgan fingerprint density at radius 3 is 2.81 bits per heavy atom. The number of morpholine rings is 1. The lowest BCUT2D eigenvalue weighted by atomic mass is 10.2. The highest BCUT2D eigenvalue weighted by molar-refractivity contribution is 7.89. The molecule has 0 amide bonds. The van der Waals surface area contributed by atoms with Gasteiger partial charge in [0.2, 0.25) is 10.0 Å². The molecule has 0 radical (unpaired) electrons. The monoisotopic (exact) mass is 314 g/mol. The zero-order valence-corrected chi connectivity index (χ0v) is 13.1. The van der Waals surface area contributed by atoms with Crippen LogP contribution in [0.25, 0.3) is 0 Å². The molecule has 2 fully saturated rings. The fourth-order valence-electron chi connectivity index (χ4n) is 2.87. The molecule has 3 rings (SSSR count). The molecular weight excluding hydrogens is 292 g/mol. The third-order valence-electron chi connectivity index (χ3n) is 4.26. The normalized spacial score (nSPS) is 24.4. The van der Waals surface area contributed by atoms with Gasteiger partial charge in [0.15, 0.2) is 0 Å². The van der Waals surface area contributed by atoms with E-state index in [1.807, 2.05) is 11.5 Å². The second-order valence-electron chi connectivity index (χ2n) is 5.72. The first-order valence-corrected chi connectivity index (χ1v) is 8.93. The van der Waals surface area contributed by atoms with Gasteiger partial charge in [0.25, 0.3) is 0 Å². The molecule has 1 aromatic rings. The minimum Gasteiger partial charge on any atom is -0.390 e.